The van der Waals surface area contributed by atoms with E-state index in [0.717, 1.165) is 48.4 Å². The quantitative estimate of drug-likeness (QED) is 0.634. The van der Waals surface area contributed by atoms with Gasteiger partial charge < -0.3 is 15.0 Å². The second-order valence-corrected chi connectivity index (χ2v) is 6.23. The van der Waals surface area contributed by atoms with Crippen LogP contribution in [0.4, 0.5) is 17.3 Å². The summed E-state index contributed by atoms with van der Waals surface area (Å²) in [5, 5.41) is 3.42. The third-order valence-electron chi connectivity index (χ3n) is 4.38. The van der Waals surface area contributed by atoms with Crippen molar-refractivity contribution in [2.45, 2.75) is 20.3 Å². The summed E-state index contributed by atoms with van der Waals surface area (Å²) in [5.74, 6) is 3.40. The molecular formula is C22H26N4O. The molecule has 0 saturated carbocycles. The van der Waals surface area contributed by atoms with Crippen LogP contribution in [-0.2, 0) is 6.42 Å². The Hall–Kier alpha value is -3.08. The Bertz CT molecular complexity index is 867. The minimum Gasteiger partial charge on any atom is -0.496 e. The number of benzene rings is 2. The van der Waals surface area contributed by atoms with Crippen LogP contribution >= 0.6 is 0 Å². The van der Waals surface area contributed by atoms with Crippen molar-refractivity contribution in [1.82, 2.24) is 9.97 Å². The first kappa shape index (κ1) is 18.7. The third-order valence-corrected chi connectivity index (χ3v) is 4.38. The standard InChI is InChI=1S/C22H26N4O/c1-4-26(19-11-6-5-7-12-19)22-16-21(24-17(2)25-22)23-15-14-18-10-8-9-13-20(18)27-3/h5-13,16H,4,14-15H2,1-3H3,(H,23,24,25). The molecule has 0 saturated heterocycles. The lowest BCUT2D eigenvalue weighted by atomic mass is 10.1. The van der Waals surface area contributed by atoms with Gasteiger partial charge in [0.1, 0.15) is 23.2 Å². The number of nitrogens with one attached hydrogen (secondary N) is 1. The zero-order chi connectivity index (χ0) is 19.1. The molecule has 5 nitrogen and oxygen atoms in total. The maximum absolute atomic E-state index is 5.42. The predicted octanol–water partition coefficient (Wildman–Crippen LogP) is 4.61. The monoisotopic (exact) mass is 362 g/mol. The molecule has 1 heterocycles. The average molecular weight is 362 g/mol. The first-order valence-electron chi connectivity index (χ1n) is 9.25. The number of anilines is 3. The van der Waals surface area contributed by atoms with E-state index in [4.69, 9.17) is 4.74 Å². The molecule has 0 aliphatic rings. The van der Waals surface area contributed by atoms with Crippen LogP contribution in [0.15, 0.2) is 60.7 Å². The van der Waals surface area contributed by atoms with Gasteiger partial charge >= 0.3 is 0 Å². The Morgan fingerprint density at radius 3 is 2.48 bits per heavy atom. The molecule has 1 N–H and O–H groups in total. The molecule has 27 heavy (non-hydrogen) atoms. The van der Waals surface area contributed by atoms with Gasteiger partial charge in [0.2, 0.25) is 0 Å². The lowest BCUT2D eigenvalue weighted by Crippen LogP contribution is -2.18. The van der Waals surface area contributed by atoms with E-state index in [2.05, 4.69) is 45.3 Å². The zero-order valence-corrected chi connectivity index (χ0v) is 16.1. The maximum Gasteiger partial charge on any atom is 0.138 e. The van der Waals surface area contributed by atoms with Crippen LogP contribution in [0.1, 0.15) is 18.3 Å². The van der Waals surface area contributed by atoms with Crippen molar-refractivity contribution in [3.05, 3.63) is 72.1 Å². The highest BCUT2D eigenvalue weighted by atomic mass is 16.5. The van der Waals surface area contributed by atoms with Crippen LogP contribution in [0.5, 0.6) is 5.75 Å². The highest BCUT2D eigenvalue weighted by molar-refractivity contribution is 5.62. The Balaban J connectivity index is 1.73. The van der Waals surface area contributed by atoms with Crippen molar-refractivity contribution in [3.63, 3.8) is 0 Å². The van der Waals surface area contributed by atoms with Crippen molar-refractivity contribution in [2.75, 3.05) is 30.4 Å². The van der Waals surface area contributed by atoms with Gasteiger partial charge in [0, 0.05) is 24.8 Å². The predicted molar refractivity (Wildman–Crippen MR) is 111 cm³/mol. The summed E-state index contributed by atoms with van der Waals surface area (Å²) < 4.78 is 5.42. The molecule has 0 aliphatic heterocycles. The molecule has 140 valence electrons. The molecule has 1 aromatic heterocycles. The van der Waals surface area contributed by atoms with E-state index in [1.807, 2.05) is 49.4 Å². The lowest BCUT2D eigenvalue weighted by Gasteiger charge is -2.23. The van der Waals surface area contributed by atoms with Crippen LogP contribution in [0, 0.1) is 6.92 Å². The highest BCUT2D eigenvalue weighted by Gasteiger charge is 2.11. The first-order chi connectivity index (χ1) is 13.2. The minimum absolute atomic E-state index is 0.752. The summed E-state index contributed by atoms with van der Waals surface area (Å²) in [6.07, 6.45) is 0.860. The number of aryl methyl sites for hydroxylation is 1. The van der Waals surface area contributed by atoms with Gasteiger partial charge in [-0.1, -0.05) is 36.4 Å². The topological polar surface area (TPSA) is 50.3 Å². The van der Waals surface area contributed by atoms with Crippen LogP contribution < -0.4 is 15.0 Å². The van der Waals surface area contributed by atoms with Crippen LogP contribution in [0.25, 0.3) is 0 Å². The SMILES string of the molecule is CCN(c1ccccc1)c1cc(NCCc2ccccc2OC)nc(C)n1. The van der Waals surface area contributed by atoms with E-state index < -0.39 is 0 Å². The normalized spacial score (nSPS) is 10.5. The molecule has 0 unspecified atom stereocenters. The fraction of sp³-hybridized carbons (Fsp3) is 0.273. The number of methoxy groups -OCH3 is 1. The van der Waals surface area contributed by atoms with Crippen molar-refractivity contribution < 1.29 is 4.74 Å². The van der Waals surface area contributed by atoms with E-state index in [1.165, 1.54) is 5.56 Å². The summed E-state index contributed by atoms with van der Waals surface area (Å²) in [5.41, 5.74) is 2.30. The molecule has 0 fully saturated rings. The molecule has 0 amide bonds. The Morgan fingerprint density at radius 1 is 1.00 bits per heavy atom. The maximum atomic E-state index is 5.42. The largest absolute Gasteiger partial charge is 0.496 e. The molecular weight excluding hydrogens is 336 g/mol. The summed E-state index contributed by atoms with van der Waals surface area (Å²) in [6, 6.07) is 20.4. The summed E-state index contributed by atoms with van der Waals surface area (Å²) >= 11 is 0. The summed E-state index contributed by atoms with van der Waals surface area (Å²) in [6.45, 7) is 5.65. The van der Waals surface area contributed by atoms with Crippen molar-refractivity contribution in [3.8, 4) is 5.75 Å². The van der Waals surface area contributed by atoms with Crippen molar-refractivity contribution >= 4 is 17.3 Å². The Morgan fingerprint density at radius 2 is 1.74 bits per heavy atom. The number of hydrogen-bond acceptors (Lipinski definition) is 5. The number of para-hydroxylation sites is 2. The highest BCUT2D eigenvalue weighted by Crippen LogP contribution is 2.25. The van der Waals surface area contributed by atoms with Gasteiger partial charge in [-0.05, 0) is 44.0 Å². The molecule has 0 bridgehead atoms. The van der Waals surface area contributed by atoms with E-state index in [9.17, 15) is 0 Å². The average Bonchev–Trinajstić information content (AvgIpc) is 2.69. The van der Waals surface area contributed by atoms with E-state index in [-0.39, 0.29) is 0 Å². The lowest BCUT2D eigenvalue weighted by molar-refractivity contribution is 0.410. The van der Waals surface area contributed by atoms with Crippen LogP contribution in [-0.4, -0.2) is 30.2 Å². The van der Waals surface area contributed by atoms with Crippen molar-refractivity contribution in [1.29, 1.82) is 0 Å². The molecule has 5 heteroatoms. The number of aromatic nitrogens is 2. The number of ether oxygens (including phenoxy) is 1. The van der Waals surface area contributed by atoms with Gasteiger partial charge in [-0.25, -0.2) is 9.97 Å². The van der Waals surface area contributed by atoms with Gasteiger partial charge in [0.15, 0.2) is 0 Å². The molecule has 2 aromatic carbocycles. The molecule has 0 radical (unpaired) electrons. The van der Waals surface area contributed by atoms with Gasteiger partial charge in [-0.2, -0.15) is 0 Å². The van der Waals surface area contributed by atoms with E-state index in [0.29, 0.717) is 0 Å². The molecule has 0 aliphatic carbocycles. The summed E-state index contributed by atoms with van der Waals surface area (Å²) in [7, 11) is 1.70. The fourth-order valence-corrected chi connectivity index (χ4v) is 3.10. The first-order valence-corrected chi connectivity index (χ1v) is 9.25. The Labute approximate surface area is 161 Å². The molecule has 0 spiro atoms. The zero-order valence-electron chi connectivity index (χ0n) is 16.1. The fourth-order valence-electron chi connectivity index (χ4n) is 3.10. The van der Waals surface area contributed by atoms with E-state index >= 15 is 0 Å². The van der Waals surface area contributed by atoms with Gasteiger partial charge in [-0.15, -0.1) is 0 Å². The van der Waals surface area contributed by atoms with Gasteiger partial charge in [0.05, 0.1) is 7.11 Å². The number of hydrogen-bond donors (Lipinski definition) is 1. The third kappa shape index (κ3) is 4.76. The molecule has 3 rings (SSSR count). The number of rotatable bonds is 8. The van der Waals surface area contributed by atoms with E-state index in [1.54, 1.807) is 7.11 Å². The minimum atomic E-state index is 0.752. The van der Waals surface area contributed by atoms with Gasteiger partial charge in [0.25, 0.3) is 0 Å². The molecule has 3 aromatic rings. The molecule has 0 atom stereocenters. The second-order valence-electron chi connectivity index (χ2n) is 6.23. The van der Waals surface area contributed by atoms with Crippen molar-refractivity contribution in [2.24, 2.45) is 0 Å². The Kier molecular flexibility index (Phi) is 6.26. The van der Waals surface area contributed by atoms with Crippen LogP contribution in [0.3, 0.4) is 0 Å². The second kappa shape index (κ2) is 9.03. The van der Waals surface area contributed by atoms with Gasteiger partial charge in [-0.3, -0.25) is 0 Å². The number of nitrogens with zero attached hydrogens (tertiary/aromatic N) is 3. The smallest absolute Gasteiger partial charge is 0.138 e. The summed E-state index contributed by atoms with van der Waals surface area (Å²) in [4.78, 5) is 11.3. The van der Waals surface area contributed by atoms with Crippen LogP contribution in [0.2, 0.25) is 0 Å².